The van der Waals surface area contributed by atoms with Crippen LogP contribution in [0, 0.1) is 13.8 Å². The fourth-order valence-electron chi connectivity index (χ4n) is 2.86. The van der Waals surface area contributed by atoms with Gasteiger partial charge in [0.1, 0.15) is 15.5 Å². The molecule has 3 aromatic heterocycles. The largest absolute Gasteiger partial charge is 0.448 e. The first-order valence-electron chi connectivity index (χ1n) is 9.02. The average Bonchev–Trinajstić information content (AvgIpc) is 3.39. The van der Waals surface area contributed by atoms with E-state index in [-0.39, 0.29) is 5.82 Å². The van der Waals surface area contributed by atoms with Crippen LogP contribution in [0.5, 0.6) is 0 Å². The van der Waals surface area contributed by atoms with E-state index in [2.05, 4.69) is 15.6 Å². The molecule has 4 rings (SSSR count). The van der Waals surface area contributed by atoms with Gasteiger partial charge in [-0.15, -0.1) is 11.3 Å². The number of benzene rings is 1. The van der Waals surface area contributed by atoms with E-state index in [1.165, 1.54) is 18.3 Å². The summed E-state index contributed by atoms with van der Waals surface area (Å²) < 4.78 is 11.9. The zero-order valence-electron chi connectivity index (χ0n) is 16.3. The Morgan fingerprint density at radius 1 is 1.27 bits per heavy atom. The number of aromatic nitrogens is 3. The molecule has 0 aliphatic rings. The van der Waals surface area contributed by atoms with E-state index in [1.807, 2.05) is 25.1 Å². The highest BCUT2D eigenvalue weighted by atomic mass is 35.5. The molecule has 1 atom stereocenters. The molecule has 0 aliphatic carbocycles. The van der Waals surface area contributed by atoms with Gasteiger partial charge in [0, 0.05) is 11.5 Å². The van der Waals surface area contributed by atoms with Crippen LogP contribution in [-0.2, 0) is 9.53 Å². The van der Waals surface area contributed by atoms with Gasteiger partial charge < -0.3 is 14.6 Å². The van der Waals surface area contributed by atoms with Crippen molar-refractivity contribution in [1.29, 1.82) is 0 Å². The standard InChI is InChI=1S/C20H17ClN4O4S/c1-10-8-17(24-29-10)22-18(26)12(3)28-20(27)16-9-13-11(2)23-25(19(13)30-16)15-7-5-4-6-14(15)21/h4-9,12H,1-3H3,(H,22,24,26). The maximum absolute atomic E-state index is 12.6. The number of anilines is 1. The van der Waals surface area contributed by atoms with Gasteiger partial charge in [0.15, 0.2) is 11.9 Å². The second kappa shape index (κ2) is 7.92. The summed E-state index contributed by atoms with van der Waals surface area (Å²) in [4.78, 5) is 26.0. The molecular formula is C20H17ClN4O4S. The number of carbonyl (C=O) groups excluding carboxylic acids is 2. The van der Waals surface area contributed by atoms with E-state index < -0.39 is 18.0 Å². The molecule has 0 saturated carbocycles. The van der Waals surface area contributed by atoms with Gasteiger partial charge in [-0.25, -0.2) is 9.48 Å². The zero-order valence-corrected chi connectivity index (χ0v) is 17.9. The minimum absolute atomic E-state index is 0.262. The van der Waals surface area contributed by atoms with Crippen molar-refractivity contribution in [2.45, 2.75) is 26.9 Å². The minimum Gasteiger partial charge on any atom is -0.448 e. The first-order valence-corrected chi connectivity index (χ1v) is 10.2. The van der Waals surface area contributed by atoms with Crippen molar-refractivity contribution in [3.8, 4) is 5.69 Å². The molecule has 3 heterocycles. The molecule has 8 nitrogen and oxygen atoms in total. The highest BCUT2D eigenvalue weighted by molar-refractivity contribution is 7.20. The number of carbonyl (C=O) groups is 2. The van der Waals surface area contributed by atoms with Crippen LogP contribution in [0.15, 0.2) is 40.9 Å². The highest BCUT2D eigenvalue weighted by Crippen LogP contribution is 2.32. The van der Waals surface area contributed by atoms with Crippen LogP contribution in [0.25, 0.3) is 15.9 Å². The van der Waals surface area contributed by atoms with E-state index in [1.54, 1.807) is 29.8 Å². The Balaban J connectivity index is 1.54. The van der Waals surface area contributed by atoms with E-state index in [0.717, 1.165) is 21.6 Å². The molecule has 10 heteroatoms. The molecule has 154 valence electrons. The second-order valence-corrected chi connectivity index (χ2v) is 8.08. The van der Waals surface area contributed by atoms with E-state index >= 15 is 0 Å². The number of halogens is 1. The summed E-state index contributed by atoms with van der Waals surface area (Å²) in [5.74, 6) is -0.280. The van der Waals surface area contributed by atoms with Crippen LogP contribution < -0.4 is 5.32 Å². The lowest BCUT2D eigenvalue weighted by atomic mass is 10.3. The zero-order chi connectivity index (χ0) is 21.4. The fourth-order valence-corrected chi connectivity index (χ4v) is 4.13. The van der Waals surface area contributed by atoms with Gasteiger partial charge >= 0.3 is 5.97 Å². The van der Waals surface area contributed by atoms with E-state index in [0.29, 0.717) is 15.7 Å². The first kappa shape index (κ1) is 20.1. The van der Waals surface area contributed by atoms with Gasteiger partial charge in [-0.3, -0.25) is 4.79 Å². The second-order valence-electron chi connectivity index (χ2n) is 6.64. The number of para-hydroxylation sites is 1. The van der Waals surface area contributed by atoms with Crippen LogP contribution in [0.3, 0.4) is 0 Å². The molecule has 0 bridgehead atoms. The summed E-state index contributed by atoms with van der Waals surface area (Å²) in [6.45, 7) is 5.05. The Bertz CT molecular complexity index is 1260. The molecule has 0 aliphatic heterocycles. The lowest BCUT2D eigenvalue weighted by Gasteiger charge is -2.11. The highest BCUT2D eigenvalue weighted by Gasteiger charge is 2.23. The number of amides is 1. The maximum Gasteiger partial charge on any atom is 0.349 e. The Kier molecular flexibility index (Phi) is 5.31. The number of hydrogen-bond acceptors (Lipinski definition) is 7. The number of thiophene rings is 1. The Morgan fingerprint density at radius 2 is 2.03 bits per heavy atom. The molecule has 0 saturated heterocycles. The van der Waals surface area contributed by atoms with Crippen molar-refractivity contribution >= 4 is 50.8 Å². The normalized spacial score (nSPS) is 12.1. The number of nitrogens with one attached hydrogen (secondary N) is 1. The molecule has 0 spiro atoms. The smallest absolute Gasteiger partial charge is 0.349 e. The van der Waals surface area contributed by atoms with Gasteiger partial charge in [0.2, 0.25) is 0 Å². The third-order valence-corrected chi connectivity index (χ3v) is 5.77. The molecule has 30 heavy (non-hydrogen) atoms. The summed E-state index contributed by atoms with van der Waals surface area (Å²) in [6, 6.07) is 10.6. The third-order valence-electron chi connectivity index (χ3n) is 4.36. The quantitative estimate of drug-likeness (QED) is 0.454. The van der Waals surface area contributed by atoms with Gasteiger partial charge in [-0.05, 0) is 39.0 Å². The number of nitrogens with zero attached hydrogens (tertiary/aromatic N) is 3. The van der Waals surface area contributed by atoms with Gasteiger partial charge in [0.25, 0.3) is 5.91 Å². The van der Waals surface area contributed by atoms with Crippen LogP contribution in [-0.4, -0.2) is 32.9 Å². The lowest BCUT2D eigenvalue weighted by molar-refractivity contribution is -0.123. The molecular weight excluding hydrogens is 428 g/mol. The van der Waals surface area contributed by atoms with Crippen LogP contribution >= 0.6 is 22.9 Å². The van der Waals surface area contributed by atoms with Crippen molar-refractivity contribution in [1.82, 2.24) is 14.9 Å². The Morgan fingerprint density at radius 3 is 2.73 bits per heavy atom. The van der Waals surface area contributed by atoms with Crippen LogP contribution in [0.4, 0.5) is 5.82 Å². The average molecular weight is 445 g/mol. The molecule has 1 unspecified atom stereocenters. The predicted molar refractivity (Wildman–Crippen MR) is 113 cm³/mol. The summed E-state index contributed by atoms with van der Waals surface area (Å²) >= 11 is 7.53. The number of rotatable bonds is 5. The van der Waals surface area contributed by atoms with Crippen LogP contribution in [0.1, 0.15) is 28.0 Å². The topological polar surface area (TPSA) is 99.2 Å². The number of ether oxygens (including phenoxy) is 1. The first-order chi connectivity index (χ1) is 14.3. The predicted octanol–water partition coefficient (Wildman–Crippen LogP) is 4.53. The van der Waals surface area contributed by atoms with Crippen molar-refractivity contribution in [3.05, 3.63) is 57.8 Å². The third kappa shape index (κ3) is 3.81. The molecule has 1 amide bonds. The molecule has 1 aromatic carbocycles. The van der Waals surface area contributed by atoms with Gasteiger partial charge in [0.05, 0.1) is 16.4 Å². The number of esters is 1. The monoisotopic (exact) mass is 444 g/mol. The van der Waals surface area contributed by atoms with Crippen molar-refractivity contribution in [3.63, 3.8) is 0 Å². The van der Waals surface area contributed by atoms with Gasteiger partial charge in [-0.1, -0.05) is 28.9 Å². The summed E-state index contributed by atoms with van der Waals surface area (Å²) in [7, 11) is 0. The minimum atomic E-state index is -1.01. The summed E-state index contributed by atoms with van der Waals surface area (Å²) in [5, 5.41) is 12.1. The SMILES string of the molecule is Cc1cc(NC(=O)C(C)OC(=O)c2cc3c(C)nn(-c4ccccc4Cl)c3s2)no1. The van der Waals surface area contributed by atoms with Crippen LogP contribution in [0.2, 0.25) is 5.02 Å². The maximum atomic E-state index is 12.6. The summed E-state index contributed by atoms with van der Waals surface area (Å²) in [6.07, 6.45) is -1.01. The van der Waals surface area contributed by atoms with E-state index in [9.17, 15) is 9.59 Å². The summed E-state index contributed by atoms with van der Waals surface area (Å²) in [5.41, 5.74) is 1.47. The Labute approximate surface area is 180 Å². The molecule has 4 aromatic rings. The molecule has 1 N–H and O–H groups in total. The number of fused-ring (bicyclic) bond motifs is 1. The number of aryl methyl sites for hydroxylation is 2. The van der Waals surface area contributed by atoms with Gasteiger partial charge in [-0.2, -0.15) is 5.10 Å². The molecule has 0 radical (unpaired) electrons. The Hall–Kier alpha value is -3.17. The number of hydrogen-bond donors (Lipinski definition) is 1. The van der Waals surface area contributed by atoms with E-state index in [4.69, 9.17) is 20.9 Å². The van der Waals surface area contributed by atoms with Crippen molar-refractivity contribution in [2.75, 3.05) is 5.32 Å². The lowest BCUT2D eigenvalue weighted by Crippen LogP contribution is -2.29. The molecule has 0 fully saturated rings. The van der Waals surface area contributed by atoms with Crippen molar-refractivity contribution < 1.29 is 18.8 Å². The fraction of sp³-hybridized carbons (Fsp3) is 0.200. The van der Waals surface area contributed by atoms with Crippen molar-refractivity contribution in [2.24, 2.45) is 0 Å².